The number of rotatable bonds is 4. The molecule has 2 aliphatic rings. The summed E-state index contributed by atoms with van der Waals surface area (Å²) >= 11 is 0. The van der Waals surface area contributed by atoms with Crippen LogP contribution in [-0.4, -0.2) is 67.2 Å². The van der Waals surface area contributed by atoms with Gasteiger partial charge in [0, 0.05) is 0 Å². The number of hydrogen-bond donors (Lipinski definition) is 6. The first kappa shape index (κ1) is 18.3. The molecule has 1 aliphatic heterocycles. The molecule has 2 heterocycles. The zero-order chi connectivity index (χ0) is 19.2. The van der Waals surface area contributed by atoms with E-state index in [1.54, 1.807) is 12.2 Å². The normalized spacial score (nSPS) is 22.5. The Hall–Kier alpha value is -2.53. The minimum absolute atomic E-state index is 0.0822. The Bertz CT molecular complexity index is 927. The predicted molar refractivity (Wildman–Crippen MR) is 93.7 cm³/mol. The van der Waals surface area contributed by atoms with Gasteiger partial charge in [-0.05, 0) is 31.1 Å². The van der Waals surface area contributed by atoms with Gasteiger partial charge in [0.25, 0.3) is 5.56 Å². The van der Waals surface area contributed by atoms with Gasteiger partial charge in [-0.3, -0.25) is 14.8 Å². The number of nitrogens with zero attached hydrogens (tertiary/aromatic N) is 2. The molecule has 0 bridgehead atoms. The summed E-state index contributed by atoms with van der Waals surface area (Å²) in [5.41, 5.74) is 0.556. The standard InChI is InChI=1S/C16H20N4O6/c1-6-3-8-9(4-7(6)2)20(15(25)12(23)10(22)5-21)13-11(17-8)14(24)19-16(26)18-13/h3-4,9-10,12,15,21-23,25H,5H2,1-2H3,(H2,18,19,24,26)/t9?,10-,12-,15-/m1/s1. The van der Waals surface area contributed by atoms with E-state index in [1.807, 2.05) is 13.8 Å². The maximum atomic E-state index is 12.2. The first-order chi connectivity index (χ1) is 12.2. The van der Waals surface area contributed by atoms with Crippen molar-refractivity contribution in [3.8, 4) is 0 Å². The first-order valence-corrected chi connectivity index (χ1v) is 8.00. The van der Waals surface area contributed by atoms with E-state index in [1.165, 1.54) is 4.90 Å². The number of fused-ring (bicyclic) bond motifs is 2. The van der Waals surface area contributed by atoms with E-state index in [2.05, 4.69) is 15.0 Å². The fraction of sp³-hybridized carbons (Fsp3) is 0.438. The lowest BCUT2D eigenvalue weighted by atomic mass is 9.92. The molecule has 4 atom stereocenters. The summed E-state index contributed by atoms with van der Waals surface area (Å²) in [6, 6.07) is -0.681. The zero-order valence-electron chi connectivity index (χ0n) is 14.2. The van der Waals surface area contributed by atoms with Crippen LogP contribution in [-0.2, 0) is 0 Å². The number of aromatic nitrogens is 2. The van der Waals surface area contributed by atoms with Crippen molar-refractivity contribution >= 4 is 17.2 Å². The summed E-state index contributed by atoms with van der Waals surface area (Å²) in [7, 11) is 0. The van der Waals surface area contributed by atoms with Crippen LogP contribution in [0.25, 0.3) is 0 Å². The van der Waals surface area contributed by atoms with Crippen LogP contribution in [0.15, 0.2) is 37.9 Å². The third-order valence-electron chi connectivity index (χ3n) is 4.57. The summed E-state index contributed by atoms with van der Waals surface area (Å²) in [6.45, 7) is 2.94. The lowest BCUT2D eigenvalue weighted by Gasteiger charge is -2.41. The molecular formula is C16H20N4O6. The van der Waals surface area contributed by atoms with Crippen LogP contribution in [0.1, 0.15) is 13.8 Å². The number of aliphatic hydroxyl groups excluding tert-OH is 4. The fourth-order valence-electron chi connectivity index (χ4n) is 2.99. The van der Waals surface area contributed by atoms with E-state index >= 15 is 0 Å². The third-order valence-corrected chi connectivity index (χ3v) is 4.57. The molecule has 0 spiro atoms. The Morgan fingerprint density at radius 1 is 1.19 bits per heavy atom. The Morgan fingerprint density at radius 3 is 2.54 bits per heavy atom. The first-order valence-electron chi connectivity index (χ1n) is 8.00. The molecule has 26 heavy (non-hydrogen) atoms. The quantitative estimate of drug-likeness (QED) is 0.369. The summed E-state index contributed by atoms with van der Waals surface area (Å²) in [5, 5.41) is 39.5. The molecule has 0 saturated heterocycles. The second kappa shape index (κ2) is 6.65. The molecule has 0 aromatic carbocycles. The van der Waals surface area contributed by atoms with Crippen LogP contribution in [0.4, 0.5) is 11.5 Å². The highest BCUT2D eigenvalue weighted by Gasteiger charge is 2.40. The number of aromatic amines is 2. The Labute approximate surface area is 147 Å². The molecule has 10 heteroatoms. The SMILES string of the molecule is CC1=CC2=Nc3c([nH]c(=O)[nH]c3=O)N([C@H](O)[C@H](O)[C@H](O)CO)C2C=C1C. The van der Waals surface area contributed by atoms with E-state index in [4.69, 9.17) is 5.11 Å². The van der Waals surface area contributed by atoms with Gasteiger partial charge in [-0.2, -0.15) is 0 Å². The van der Waals surface area contributed by atoms with Gasteiger partial charge < -0.3 is 25.3 Å². The van der Waals surface area contributed by atoms with Gasteiger partial charge in [-0.1, -0.05) is 6.08 Å². The van der Waals surface area contributed by atoms with Crippen LogP contribution >= 0.6 is 0 Å². The van der Waals surface area contributed by atoms with Crippen molar-refractivity contribution in [2.75, 3.05) is 11.5 Å². The number of aliphatic hydroxyl groups is 4. The van der Waals surface area contributed by atoms with E-state index in [-0.39, 0.29) is 11.5 Å². The van der Waals surface area contributed by atoms with Crippen LogP contribution in [0.5, 0.6) is 0 Å². The Morgan fingerprint density at radius 2 is 1.88 bits per heavy atom. The van der Waals surface area contributed by atoms with E-state index < -0.39 is 42.3 Å². The highest BCUT2D eigenvalue weighted by molar-refractivity contribution is 6.08. The molecule has 1 aliphatic carbocycles. The molecule has 6 N–H and O–H groups in total. The van der Waals surface area contributed by atoms with Crippen molar-refractivity contribution in [2.24, 2.45) is 4.99 Å². The van der Waals surface area contributed by atoms with Crippen LogP contribution in [0.2, 0.25) is 0 Å². The number of hydrogen-bond acceptors (Lipinski definition) is 8. The van der Waals surface area contributed by atoms with Crippen molar-refractivity contribution in [1.29, 1.82) is 0 Å². The third kappa shape index (κ3) is 2.92. The van der Waals surface area contributed by atoms with E-state index in [0.29, 0.717) is 5.71 Å². The number of allylic oxidation sites excluding steroid dienone is 2. The molecular weight excluding hydrogens is 344 g/mol. The van der Waals surface area contributed by atoms with Gasteiger partial charge in [0.1, 0.15) is 18.0 Å². The molecule has 0 radical (unpaired) electrons. The van der Waals surface area contributed by atoms with E-state index in [9.17, 15) is 24.9 Å². The van der Waals surface area contributed by atoms with Crippen molar-refractivity contribution in [3.63, 3.8) is 0 Å². The van der Waals surface area contributed by atoms with Gasteiger partial charge >= 0.3 is 5.69 Å². The number of H-pyrrole nitrogens is 2. The highest BCUT2D eigenvalue weighted by Crippen LogP contribution is 2.35. The maximum absolute atomic E-state index is 12.2. The van der Waals surface area contributed by atoms with Gasteiger partial charge in [0.05, 0.1) is 18.4 Å². The minimum Gasteiger partial charge on any atom is -0.394 e. The molecule has 3 rings (SSSR count). The fourth-order valence-corrected chi connectivity index (χ4v) is 2.99. The van der Waals surface area contributed by atoms with Crippen molar-refractivity contribution in [3.05, 3.63) is 44.1 Å². The van der Waals surface area contributed by atoms with Crippen LogP contribution in [0.3, 0.4) is 0 Å². The summed E-state index contributed by atoms with van der Waals surface area (Å²) in [6.07, 6.45) is -1.59. The van der Waals surface area contributed by atoms with Gasteiger partial charge in [-0.15, -0.1) is 0 Å². The molecule has 140 valence electrons. The number of anilines is 1. The summed E-state index contributed by atoms with van der Waals surface area (Å²) in [4.78, 5) is 33.8. The highest BCUT2D eigenvalue weighted by atomic mass is 16.4. The van der Waals surface area contributed by atoms with Crippen LogP contribution in [0, 0.1) is 0 Å². The molecule has 1 aromatic rings. The van der Waals surface area contributed by atoms with Crippen LogP contribution < -0.4 is 16.1 Å². The topological polar surface area (TPSA) is 162 Å². The Balaban J connectivity index is 2.20. The van der Waals surface area contributed by atoms with Gasteiger partial charge in [-0.25, -0.2) is 9.79 Å². The lowest BCUT2D eigenvalue weighted by molar-refractivity contribution is -0.0770. The molecule has 1 aromatic heterocycles. The maximum Gasteiger partial charge on any atom is 0.327 e. The minimum atomic E-state index is -1.75. The largest absolute Gasteiger partial charge is 0.394 e. The van der Waals surface area contributed by atoms with Crippen molar-refractivity contribution in [1.82, 2.24) is 9.97 Å². The summed E-state index contributed by atoms with van der Waals surface area (Å²) in [5.74, 6) is -0.0822. The predicted octanol–water partition coefficient (Wildman–Crippen LogP) is -1.74. The smallest absolute Gasteiger partial charge is 0.327 e. The zero-order valence-corrected chi connectivity index (χ0v) is 14.2. The van der Waals surface area contributed by atoms with Crippen molar-refractivity contribution in [2.45, 2.75) is 38.3 Å². The second-order valence-corrected chi connectivity index (χ2v) is 6.33. The average molecular weight is 364 g/mol. The number of aliphatic imine (C=N–C) groups is 1. The average Bonchev–Trinajstić information content (AvgIpc) is 2.59. The van der Waals surface area contributed by atoms with Gasteiger partial charge in [0.15, 0.2) is 11.9 Å². The van der Waals surface area contributed by atoms with Gasteiger partial charge in [0.2, 0.25) is 0 Å². The molecule has 0 fully saturated rings. The molecule has 10 nitrogen and oxygen atoms in total. The molecule has 0 saturated carbocycles. The summed E-state index contributed by atoms with van der Waals surface area (Å²) < 4.78 is 0. The van der Waals surface area contributed by atoms with Crippen molar-refractivity contribution < 1.29 is 20.4 Å². The second-order valence-electron chi connectivity index (χ2n) is 6.33. The van der Waals surface area contributed by atoms with E-state index in [0.717, 1.165) is 11.1 Å². The number of nitrogens with one attached hydrogen (secondary N) is 2. The Kier molecular flexibility index (Phi) is 4.67. The monoisotopic (exact) mass is 364 g/mol. The molecule has 1 unspecified atom stereocenters. The lowest BCUT2D eigenvalue weighted by Crippen LogP contribution is -2.57. The molecule has 0 amide bonds.